The maximum atomic E-state index is 11.8. The molecule has 0 aromatic heterocycles. The number of hydroxylamine groups is 4. The van der Waals surface area contributed by atoms with Crippen molar-refractivity contribution in [2.24, 2.45) is 17.3 Å². The second-order valence-electron chi connectivity index (χ2n) is 21.4. The summed E-state index contributed by atoms with van der Waals surface area (Å²) in [5.41, 5.74) is -0.171. The van der Waals surface area contributed by atoms with Crippen molar-refractivity contribution in [1.82, 2.24) is 10.1 Å². The van der Waals surface area contributed by atoms with E-state index in [9.17, 15) is 14.4 Å². The van der Waals surface area contributed by atoms with E-state index in [1.54, 1.807) is 0 Å². The standard InChI is InChI=1S/C19H35NO4.C18H22O2.C16H29NO4.CH5P.2CH4/c1-9-17(7)11-19(22-12-16(5,6)13-23-19)14(3)18(8,10-2)20(17)24-15(4)21;1-17(2,15-11-7-5-8-12-15)19-20-18(3,4)16-13-9-6-10-14-16;1-8-15(6)10-14(20-12(4)18)11(3)16(7,9-2)17(15)21-13(5)19;1-2;;/h14H,9-13H2,1-8H3;5-14H,1-4H3;11,14H,8-10H2,1-7H3;2H2,1H3;2*1H4/i;;;1D;;. The van der Waals surface area contributed by atoms with Gasteiger partial charge in [-0.3, -0.25) is 14.4 Å². The van der Waals surface area contributed by atoms with Crippen LogP contribution < -0.4 is 0 Å². The fourth-order valence-corrected chi connectivity index (χ4v) is 9.49. The molecule has 13 heteroatoms. The van der Waals surface area contributed by atoms with E-state index in [2.05, 4.69) is 92.3 Å². The first-order valence-electron chi connectivity index (χ1n) is 25.0. The minimum atomic E-state index is -0.623. The molecule has 3 saturated heterocycles. The number of hydrogen-bond acceptors (Lipinski definition) is 12. The Labute approximate surface area is 424 Å². The van der Waals surface area contributed by atoms with Crippen molar-refractivity contribution < 1.29 is 49.4 Å². The molecule has 398 valence electrons. The molecule has 2 aromatic rings. The summed E-state index contributed by atoms with van der Waals surface area (Å²) in [5, 5.41) is 3.79. The number of ether oxygens (including phenoxy) is 3. The van der Waals surface area contributed by atoms with Crippen LogP contribution in [0.25, 0.3) is 0 Å². The summed E-state index contributed by atoms with van der Waals surface area (Å²) < 4.78 is 24.5. The molecule has 12 nitrogen and oxygen atoms in total. The molecule has 69 heavy (non-hydrogen) atoms. The molecule has 3 aliphatic heterocycles. The Bertz CT molecular complexity index is 1830. The van der Waals surface area contributed by atoms with Gasteiger partial charge in [0.25, 0.3) is 0 Å². The fourth-order valence-electron chi connectivity index (χ4n) is 9.49. The van der Waals surface area contributed by atoms with Crippen molar-refractivity contribution in [2.45, 2.75) is 230 Å². The Balaban J connectivity index is 0.000000981. The van der Waals surface area contributed by atoms with Crippen LogP contribution in [0.3, 0.4) is 0 Å². The van der Waals surface area contributed by atoms with Crippen LogP contribution in [0.15, 0.2) is 60.7 Å². The van der Waals surface area contributed by atoms with Crippen LogP contribution in [0.5, 0.6) is 0 Å². The lowest BCUT2D eigenvalue weighted by Crippen LogP contribution is -2.73. The minimum Gasteiger partial charge on any atom is -0.462 e. The molecule has 0 N–H and O–H groups in total. The summed E-state index contributed by atoms with van der Waals surface area (Å²) >= 11 is 0. The third kappa shape index (κ3) is 16.0. The van der Waals surface area contributed by atoms with Crippen molar-refractivity contribution in [3.63, 3.8) is 0 Å². The largest absolute Gasteiger partial charge is 0.462 e. The zero-order chi connectivity index (χ0) is 52.2. The number of rotatable bonds is 12. The Morgan fingerprint density at radius 2 is 1.04 bits per heavy atom. The number of carbonyl (C=O) groups excluding carboxylic acids is 3. The monoisotopic (exact) mass is 992 g/mol. The normalized spacial score (nSPS) is 28.7. The predicted octanol–water partition coefficient (Wildman–Crippen LogP) is 13.6. The van der Waals surface area contributed by atoms with Gasteiger partial charge in [-0.25, -0.2) is 9.78 Å². The van der Waals surface area contributed by atoms with E-state index in [-0.39, 0.29) is 78.3 Å². The Morgan fingerprint density at radius 1 is 0.667 bits per heavy atom. The van der Waals surface area contributed by atoms with Gasteiger partial charge in [0, 0.05) is 52.2 Å². The van der Waals surface area contributed by atoms with Crippen molar-refractivity contribution in [2.75, 3.05) is 19.9 Å². The quantitative estimate of drug-likeness (QED) is 0.0871. The van der Waals surface area contributed by atoms with Crippen molar-refractivity contribution in [3.8, 4) is 0 Å². The molecule has 3 fully saturated rings. The van der Waals surface area contributed by atoms with Crippen LogP contribution in [0, 0.1) is 17.3 Å². The SMILES string of the molecule is C.C.CC(C)(OOC(C)(C)c1ccccc1)c1ccccc1.CCC1(C)CC(OC(C)=O)C(C)C(C)(CC)N1OC(C)=O.CCC1(C)CC2(OCC(C)(C)CO2)C(C)C(C)(CC)N1OC(C)=O.[2H]CP. The van der Waals surface area contributed by atoms with Gasteiger partial charge < -0.3 is 23.9 Å². The number of nitrogens with zero attached hydrogens (tertiary/aromatic N) is 2. The summed E-state index contributed by atoms with van der Waals surface area (Å²) in [6.45, 7) is 39.5. The smallest absolute Gasteiger partial charge is 0.322 e. The summed E-state index contributed by atoms with van der Waals surface area (Å²) in [7, 11) is 2.25. The van der Waals surface area contributed by atoms with Gasteiger partial charge in [0.15, 0.2) is 5.79 Å². The van der Waals surface area contributed by atoms with Crippen LogP contribution in [0.1, 0.15) is 197 Å². The minimum absolute atomic E-state index is 0. The van der Waals surface area contributed by atoms with Crippen molar-refractivity contribution in [3.05, 3.63) is 71.8 Å². The molecule has 0 saturated carbocycles. The third-order valence-corrected chi connectivity index (χ3v) is 14.8. The second-order valence-corrected chi connectivity index (χ2v) is 21.4. The zero-order valence-electron chi connectivity index (χ0n) is 45.9. The van der Waals surface area contributed by atoms with E-state index in [0.29, 0.717) is 32.7 Å². The lowest BCUT2D eigenvalue weighted by molar-refractivity contribution is -0.410. The van der Waals surface area contributed by atoms with E-state index in [4.69, 9.17) is 35.0 Å². The van der Waals surface area contributed by atoms with Gasteiger partial charge in [-0.1, -0.05) is 138 Å². The Kier molecular flexibility index (Phi) is 24.7. The number of carbonyl (C=O) groups is 3. The maximum Gasteiger partial charge on any atom is 0.322 e. The van der Waals surface area contributed by atoms with E-state index in [0.717, 1.165) is 36.8 Å². The van der Waals surface area contributed by atoms with Gasteiger partial charge in [-0.05, 0) is 92.2 Å². The number of benzene rings is 2. The average molecular weight is 992 g/mol. The molecular formula is C56H99N2O10P. The van der Waals surface area contributed by atoms with Gasteiger partial charge in [0.05, 0.1) is 35.4 Å². The topological polar surface area (TPSA) is 122 Å². The van der Waals surface area contributed by atoms with Gasteiger partial charge in [-0.2, -0.15) is 0 Å². The van der Waals surface area contributed by atoms with Crippen LogP contribution in [0.2, 0.25) is 0 Å². The van der Waals surface area contributed by atoms with E-state index >= 15 is 0 Å². The number of esters is 1. The summed E-state index contributed by atoms with van der Waals surface area (Å²) in [6.07, 6.45) is 4.48. The first kappa shape index (κ1) is 64.1. The van der Waals surface area contributed by atoms with Gasteiger partial charge >= 0.3 is 17.9 Å². The highest BCUT2D eigenvalue weighted by molar-refractivity contribution is 7.15. The molecule has 8 atom stereocenters. The molecule has 8 unspecified atom stereocenters. The van der Waals surface area contributed by atoms with E-state index < -0.39 is 17.0 Å². The lowest BCUT2D eigenvalue weighted by atomic mass is 9.67. The Hall–Kier alpha value is -2.96. The highest BCUT2D eigenvalue weighted by Gasteiger charge is 2.64. The van der Waals surface area contributed by atoms with Crippen molar-refractivity contribution in [1.29, 1.82) is 0 Å². The number of piperidine rings is 2. The lowest BCUT2D eigenvalue weighted by Gasteiger charge is -2.63. The molecule has 0 radical (unpaired) electrons. The molecule has 5 rings (SSSR count). The highest BCUT2D eigenvalue weighted by Crippen LogP contribution is 2.54. The van der Waals surface area contributed by atoms with Gasteiger partial charge in [-0.15, -0.1) is 19.4 Å². The van der Waals surface area contributed by atoms with Crippen LogP contribution in [-0.2, 0) is 59.2 Å². The van der Waals surface area contributed by atoms with Crippen LogP contribution >= 0.6 is 9.24 Å². The van der Waals surface area contributed by atoms with Crippen molar-refractivity contribution >= 4 is 27.1 Å². The maximum absolute atomic E-state index is 11.8. The third-order valence-electron chi connectivity index (χ3n) is 14.8. The highest BCUT2D eigenvalue weighted by atomic mass is 31.0. The number of hydrogen-bond donors (Lipinski definition) is 0. The molecule has 3 heterocycles. The molecule has 0 aliphatic carbocycles. The second kappa shape index (κ2) is 26.7. The zero-order valence-corrected chi connectivity index (χ0v) is 46.1. The van der Waals surface area contributed by atoms with E-state index in [1.807, 2.05) is 98.5 Å². The molecular weight excluding hydrogens is 892 g/mol. The van der Waals surface area contributed by atoms with Crippen LogP contribution in [0.4, 0.5) is 0 Å². The van der Waals surface area contributed by atoms with Gasteiger partial charge in [0.1, 0.15) is 17.3 Å². The molecule has 3 aliphatic rings. The fraction of sp³-hybridized carbons (Fsp3) is 0.732. The molecule has 0 amide bonds. The first-order valence-corrected chi connectivity index (χ1v) is 25.1. The molecule has 1 spiro atoms. The molecule has 0 bridgehead atoms. The average Bonchev–Trinajstić information content (AvgIpc) is 3.29. The molecule has 2 aromatic carbocycles. The first-order chi connectivity index (χ1) is 31.4. The van der Waals surface area contributed by atoms with Gasteiger partial charge in [0.2, 0.25) is 0 Å². The Morgan fingerprint density at radius 3 is 1.38 bits per heavy atom. The predicted molar refractivity (Wildman–Crippen MR) is 284 cm³/mol. The summed E-state index contributed by atoms with van der Waals surface area (Å²) in [5.74, 6) is -1.32. The summed E-state index contributed by atoms with van der Waals surface area (Å²) in [6, 6.07) is 20.2. The van der Waals surface area contributed by atoms with E-state index in [1.165, 1.54) is 20.8 Å². The summed E-state index contributed by atoms with van der Waals surface area (Å²) in [4.78, 5) is 57.5. The van der Waals surface area contributed by atoms with Crippen LogP contribution in [-0.4, -0.2) is 81.9 Å².